The fraction of sp³-hybridized carbons (Fsp3) is 0.182. The summed E-state index contributed by atoms with van der Waals surface area (Å²) in [5.74, 6) is -0.168. The van der Waals surface area contributed by atoms with E-state index in [9.17, 15) is 13.2 Å². The van der Waals surface area contributed by atoms with Gasteiger partial charge in [0.25, 0.3) is 0 Å². The number of nitrogens with zero attached hydrogens (tertiary/aromatic N) is 1. The van der Waals surface area contributed by atoms with Crippen molar-refractivity contribution in [1.82, 2.24) is 4.57 Å². The molecule has 2 rings (SSSR count). The van der Waals surface area contributed by atoms with Crippen LogP contribution >= 0.6 is 0 Å². The van der Waals surface area contributed by atoms with Crippen molar-refractivity contribution in [3.8, 4) is 5.75 Å². The lowest BCUT2D eigenvalue weighted by molar-refractivity contribution is -0.131. The Bertz CT molecular complexity index is 731. The fourth-order valence-electron chi connectivity index (χ4n) is 1.86. The van der Waals surface area contributed by atoms with Gasteiger partial charge in [-0.2, -0.15) is 0 Å². The number of rotatable bonds is 2. The topological polar surface area (TPSA) is 91.4 Å². The molecule has 0 amide bonds. The van der Waals surface area contributed by atoms with Gasteiger partial charge in [0.2, 0.25) is 10.0 Å². The molecule has 0 atom stereocenters. The van der Waals surface area contributed by atoms with Gasteiger partial charge in [0, 0.05) is 25.6 Å². The molecule has 0 spiro atoms. The van der Waals surface area contributed by atoms with Crippen molar-refractivity contribution in [1.29, 1.82) is 0 Å². The number of sulfonamides is 1. The first-order chi connectivity index (χ1) is 8.30. The summed E-state index contributed by atoms with van der Waals surface area (Å²) in [6.07, 6.45) is 1.40. The number of fused-ring (bicyclic) bond motifs is 1. The van der Waals surface area contributed by atoms with Crippen LogP contribution in [-0.2, 0) is 21.9 Å². The zero-order chi connectivity index (χ0) is 13.5. The molecular formula is C11H12N2O4S. The van der Waals surface area contributed by atoms with Crippen LogP contribution in [0, 0.1) is 0 Å². The summed E-state index contributed by atoms with van der Waals surface area (Å²) in [7, 11) is -2.16. The summed E-state index contributed by atoms with van der Waals surface area (Å²) in [6.45, 7) is 1.28. The lowest BCUT2D eigenvalue weighted by Crippen LogP contribution is -2.11. The standard InChI is InChI=1S/C11H12N2O4S/c1-7(14)17-9-5-3-4-8-10(18(12,15)16)6-13(2)11(8)9/h3-6H,1-2H3,(H2,12,15,16). The Morgan fingerprint density at radius 2 is 2.06 bits per heavy atom. The highest BCUT2D eigenvalue weighted by Gasteiger charge is 2.19. The predicted molar refractivity (Wildman–Crippen MR) is 65.6 cm³/mol. The van der Waals surface area contributed by atoms with Crippen molar-refractivity contribution < 1.29 is 17.9 Å². The van der Waals surface area contributed by atoms with E-state index in [1.54, 1.807) is 29.8 Å². The van der Waals surface area contributed by atoms with E-state index >= 15 is 0 Å². The van der Waals surface area contributed by atoms with Gasteiger partial charge in [-0.25, -0.2) is 13.6 Å². The molecule has 0 aliphatic rings. The fourth-order valence-corrected chi connectivity index (χ4v) is 2.64. The van der Waals surface area contributed by atoms with Gasteiger partial charge >= 0.3 is 5.97 Å². The Kier molecular flexibility index (Phi) is 2.88. The van der Waals surface area contributed by atoms with Gasteiger partial charge < -0.3 is 9.30 Å². The maximum Gasteiger partial charge on any atom is 0.308 e. The first-order valence-corrected chi connectivity index (χ1v) is 6.64. The quantitative estimate of drug-likeness (QED) is 0.642. The van der Waals surface area contributed by atoms with Gasteiger partial charge in [-0.3, -0.25) is 4.79 Å². The molecule has 7 heteroatoms. The van der Waals surface area contributed by atoms with Crippen LogP contribution in [0.1, 0.15) is 6.92 Å². The smallest absolute Gasteiger partial charge is 0.308 e. The zero-order valence-electron chi connectivity index (χ0n) is 9.88. The van der Waals surface area contributed by atoms with E-state index in [0.29, 0.717) is 16.7 Å². The lowest BCUT2D eigenvalue weighted by Gasteiger charge is -2.05. The lowest BCUT2D eigenvalue weighted by atomic mass is 10.2. The summed E-state index contributed by atoms with van der Waals surface area (Å²) in [5, 5.41) is 5.57. The third-order valence-corrected chi connectivity index (χ3v) is 3.43. The van der Waals surface area contributed by atoms with Crippen molar-refractivity contribution in [3.05, 3.63) is 24.4 Å². The van der Waals surface area contributed by atoms with E-state index in [1.165, 1.54) is 13.1 Å². The van der Waals surface area contributed by atoms with Gasteiger partial charge in [0.1, 0.15) is 4.90 Å². The molecule has 0 bridgehead atoms. The first-order valence-electron chi connectivity index (χ1n) is 5.10. The second kappa shape index (κ2) is 4.11. The minimum atomic E-state index is -3.82. The second-order valence-corrected chi connectivity index (χ2v) is 5.43. The summed E-state index contributed by atoms with van der Waals surface area (Å²) >= 11 is 0. The zero-order valence-corrected chi connectivity index (χ0v) is 10.7. The van der Waals surface area contributed by atoms with Crippen molar-refractivity contribution in [3.63, 3.8) is 0 Å². The van der Waals surface area contributed by atoms with Crippen molar-refractivity contribution >= 4 is 26.9 Å². The van der Waals surface area contributed by atoms with E-state index in [-0.39, 0.29) is 4.90 Å². The molecule has 96 valence electrons. The minimum absolute atomic E-state index is 0.00834. The number of carbonyl (C=O) groups is 1. The molecule has 1 aromatic heterocycles. The van der Waals surface area contributed by atoms with Crippen molar-refractivity contribution in [2.24, 2.45) is 12.2 Å². The highest BCUT2D eigenvalue weighted by atomic mass is 32.2. The highest BCUT2D eigenvalue weighted by Crippen LogP contribution is 2.31. The number of carbonyl (C=O) groups excluding carboxylic acids is 1. The van der Waals surface area contributed by atoms with Gasteiger partial charge in [-0.1, -0.05) is 12.1 Å². The second-order valence-electron chi connectivity index (χ2n) is 3.90. The SMILES string of the molecule is CC(=O)Oc1cccc2c(S(N)(=O)=O)cn(C)c12. The number of aryl methyl sites for hydroxylation is 1. The average Bonchev–Trinajstić information content (AvgIpc) is 2.56. The number of para-hydroxylation sites is 1. The Labute approximate surface area is 104 Å². The molecule has 0 aliphatic heterocycles. The number of hydrogen-bond donors (Lipinski definition) is 1. The van der Waals surface area contributed by atoms with E-state index in [2.05, 4.69) is 0 Å². The molecule has 6 nitrogen and oxygen atoms in total. The number of esters is 1. The molecule has 2 aromatic rings. The van der Waals surface area contributed by atoms with Crippen LogP contribution in [0.15, 0.2) is 29.3 Å². The van der Waals surface area contributed by atoms with Gasteiger partial charge in [0.05, 0.1) is 5.52 Å². The summed E-state index contributed by atoms with van der Waals surface area (Å²) in [6, 6.07) is 4.81. The van der Waals surface area contributed by atoms with E-state index in [4.69, 9.17) is 9.88 Å². The van der Waals surface area contributed by atoms with Gasteiger partial charge in [0.15, 0.2) is 5.75 Å². The molecule has 0 aliphatic carbocycles. The number of hydrogen-bond acceptors (Lipinski definition) is 4. The largest absolute Gasteiger partial charge is 0.424 e. The maximum atomic E-state index is 11.5. The molecular weight excluding hydrogens is 256 g/mol. The predicted octanol–water partition coefficient (Wildman–Crippen LogP) is 0.751. The Morgan fingerprint density at radius 1 is 1.39 bits per heavy atom. The van der Waals surface area contributed by atoms with Crippen LogP contribution < -0.4 is 9.88 Å². The molecule has 18 heavy (non-hydrogen) atoms. The first kappa shape index (κ1) is 12.6. The van der Waals surface area contributed by atoms with Crippen LogP contribution in [0.5, 0.6) is 5.75 Å². The van der Waals surface area contributed by atoms with Crippen LogP contribution in [0.2, 0.25) is 0 Å². The molecule has 2 N–H and O–H groups in total. The number of ether oxygens (including phenoxy) is 1. The molecule has 0 unspecified atom stereocenters. The number of benzene rings is 1. The normalized spacial score (nSPS) is 11.7. The molecule has 0 fully saturated rings. The Hall–Kier alpha value is -1.86. The number of nitrogens with two attached hydrogens (primary N) is 1. The molecule has 1 aromatic carbocycles. The monoisotopic (exact) mass is 268 g/mol. The van der Waals surface area contributed by atoms with Crippen LogP contribution in [0.25, 0.3) is 10.9 Å². The van der Waals surface area contributed by atoms with E-state index in [1.807, 2.05) is 0 Å². The van der Waals surface area contributed by atoms with Crippen LogP contribution in [0.3, 0.4) is 0 Å². The van der Waals surface area contributed by atoms with E-state index in [0.717, 1.165) is 0 Å². The molecule has 0 saturated carbocycles. The summed E-state index contributed by atoms with van der Waals surface area (Å²) in [5.41, 5.74) is 0.511. The maximum absolute atomic E-state index is 11.5. The van der Waals surface area contributed by atoms with E-state index < -0.39 is 16.0 Å². The Morgan fingerprint density at radius 3 is 2.61 bits per heavy atom. The minimum Gasteiger partial charge on any atom is -0.424 e. The van der Waals surface area contributed by atoms with Crippen LogP contribution in [0.4, 0.5) is 0 Å². The molecule has 1 heterocycles. The number of primary sulfonamides is 1. The third-order valence-electron chi connectivity index (χ3n) is 2.49. The summed E-state index contributed by atoms with van der Waals surface area (Å²) < 4.78 is 29.5. The third kappa shape index (κ3) is 2.09. The Balaban J connectivity index is 2.80. The van der Waals surface area contributed by atoms with Crippen molar-refractivity contribution in [2.75, 3.05) is 0 Å². The average molecular weight is 268 g/mol. The highest BCUT2D eigenvalue weighted by molar-refractivity contribution is 7.89. The number of aromatic nitrogens is 1. The van der Waals surface area contributed by atoms with Crippen LogP contribution in [-0.4, -0.2) is 19.0 Å². The molecule has 0 radical (unpaired) electrons. The molecule has 0 saturated heterocycles. The summed E-state index contributed by atoms with van der Waals surface area (Å²) in [4.78, 5) is 11.0. The van der Waals surface area contributed by atoms with Gasteiger partial charge in [-0.15, -0.1) is 0 Å². The van der Waals surface area contributed by atoms with Gasteiger partial charge in [-0.05, 0) is 6.07 Å². The van der Waals surface area contributed by atoms with Crippen molar-refractivity contribution in [2.45, 2.75) is 11.8 Å².